The topological polar surface area (TPSA) is 0 Å². The van der Waals surface area contributed by atoms with Crippen LogP contribution in [-0.2, 0) is 0 Å². The maximum absolute atomic E-state index is 3.85. The Balaban J connectivity index is 2.02. The van der Waals surface area contributed by atoms with Crippen LogP contribution < -0.4 is 0 Å². The highest BCUT2D eigenvalue weighted by molar-refractivity contribution is 8.77. The van der Waals surface area contributed by atoms with Gasteiger partial charge in [0.25, 0.3) is 0 Å². The van der Waals surface area contributed by atoms with Crippen molar-refractivity contribution in [1.29, 1.82) is 0 Å². The highest BCUT2D eigenvalue weighted by Crippen LogP contribution is 2.45. The minimum atomic E-state index is 0.695. The lowest BCUT2D eigenvalue weighted by atomic mass is 10.1. The highest BCUT2D eigenvalue weighted by atomic mass is 33.1. The molecule has 2 heteroatoms. The summed E-state index contributed by atoms with van der Waals surface area (Å²) in [5, 5.41) is 1.55. The molecule has 0 amide bonds. The molecule has 0 spiro atoms. The summed E-state index contributed by atoms with van der Waals surface area (Å²) in [5.41, 5.74) is 0. The molecule has 1 aliphatic rings. The summed E-state index contributed by atoms with van der Waals surface area (Å²) in [6.07, 6.45) is 8.43. The molecule has 0 aliphatic carbocycles. The second kappa shape index (κ2) is 7.31. The van der Waals surface area contributed by atoms with Crippen LogP contribution in [0.25, 0.3) is 0 Å². The standard InChI is InChI=1S/C12H18S2/c1-3-5-6-7-8-9-12-10-11(4-2)13-14-12/h4,11-12H,2,6-10H2,1H3. The molecule has 0 nitrogen and oxygen atoms in total. The Hall–Kier alpha value is 0. The Morgan fingerprint density at radius 3 is 2.93 bits per heavy atom. The minimum Gasteiger partial charge on any atom is -0.107 e. The summed E-state index contributed by atoms with van der Waals surface area (Å²) in [5.74, 6) is 6.06. The van der Waals surface area contributed by atoms with Crippen LogP contribution in [0, 0.1) is 11.8 Å². The monoisotopic (exact) mass is 226 g/mol. The molecule has 0 bridgehead atoms. The van der Waals surface area contributed by atoms with Gasteiger partial charge >= 0.3 is 0 Å². The van der Waals surface area contributed by atoms with Crippen molar-refractivity contribution in [1.82, 2.24) is 0 Å². The average Bonchev–Trinajstić information content (AvgIpc) is 2.65. The summed E-state index contributed by atoms with van der Waals surface area (Å²) in [7, 11) is 4.04. The van der Waals surface area contributed by atoms with Crippen LogP contribution in [0.1, 0.15) is 39.0 Å². The Bertz CT molecular complexity index is 224. The molecule has 0 aromatic carbocycles. The van der Waals surface area contributed by atoms with Gasteiger partial charge in [0.1, 0.15) is 0 Å². The van der Waals surface area contributed by atoms with E-state index in [1.54, 1.807) is 0 Å². The lowest BCUT2D eigenvalue weighted by Gasteiger charge is -2.05. The van der Waals surface area contributed by atoms with Crippen LogP contribution in [0.15, 0.2) is 12.7 Å². The van der Waals surface area contributed by atoms with Crippen molar-refractivity contribution in [3.63, 3.8) is 0 Å². The van der Waals surface area contributed by atoms with Crippen molar-refractivity contribution in [2.45, 2.75) is 49.5 Å². The summed E-state index contributed by atoms with van der Waals surface area (Å²) < 4.78 is 0. The van der Waals surface area contributed by atoms with Crippen LogP contribution in [0.3, 0.4) is 0 Å². The molecule has 2 unspecified atom stereocenters. The molecule has 0 N–H and O–H groups in total. The van der Waals surface area contributed by atoms with Gasteiger partial charge in [-0.3, -0.25) is 0 Å². The van der Waals surface area contributed by atoms with Gasteiger partial charge in [0.05, 0.1) is 0 Å². The average molecular weight is 226 g/mol. The van der Waals surface area contributed by atoms with Gasteiger partial charge in [-0.1, -0.05) is 34.1 Å². The van der Waals surface area contributed by atoms with Crippen molar-refractivity contribution >= 4 is 21.6 Å². The SMILES string of the molecule is C=CC1CC(CCCCC#CC)SS1. The first-order chi connectivity index (χ1) is 6.86. The second-order valence-electron chi connectivity index (χ2n) is 3.50. The molecule has 2 atom stereocenters. The highest BCUT2D eigenvalue weighted by Gasteiger charge is 2.23. The smallest absolute Gasteiger partial charge is 0.0339 e. The largest absolute Gasteiger partial charge is 0.107 e. The third-order valence-corrected chi connectivity index (χ3v) is 5.66. The normalized spacial score (nSPS) is 25.5. The summed E-state index contributed by atoms with van der Waals surface area (Å²) in [4.78, 5) is 0. The van der Waals surface area contributed by atoms with E-state index in [1.807, 2.05) is 28.5 Å². The maximum Gasteiger partial charge on any atom is 0.0339 e. The van der Waals surface area contributed by atoms with E-state index in [4.69, 9.17) is 0 Å². The zero-order valence-corrected chi connectivity index (χ0v) is 10.4. The molecule has 0 saturated carbocycles. The summed E-state index contributed by atoms with van der Waals surface area (Å²) in [6.45, 7) is 5.76. The molecule has 1 saturated heterocycles. The lowest BCUT2D eigenvalue weighted by Crippen LogP contribution is -2.01. The van der Waals surface area contributed by atoms with E-state index in [2.05, 4.69) is 24.5 Å². The Kier molecular flexibility index (Phi) is 6.31. The van der Waals surface area contributed by atoms with Crippen molar-refractivity contribution in [3.05, 3.63) is 12.7 Å². The molecular formula is C12H18S2. The molecule has 1 heterocycles. The molecule has 0 aromatic heterocycles. The number of hydrogen-bond acceptors (Lipinski definition) is 2. The fraction of sp³-hybridized carbons (Fsp3) is 0.667. The fourth-order valence-electron chi connectivity index (χ4n) is 1.50. The molecule has 0 aromatic rings. The summed E-state index contributed by atoms with van der Waals surface area (Å²) >= 11 is 0. The van der Waals surface area contributed by atoms with Gasteiger partial charge in [-0.2, -0.15) is 0 Å². The molecular weight excluding hydrogens is 208 g/mol. The first-order valence-corrected chi connectivity index (χ1v) is 7.48. The van der Waals surface area contributed by atoms with Crippen molar-refractivity contribution < 1.29 is 0 Å². The van der Waals surface area contributed by atoms with Crippen LogP contribution in [-0.4, -0.2) is 10.5 Å². The third kappa shape index (κ3) is 4.48. The van der Waals surface area contributed by atoms with Crippen LogP contribution >= 0.6 is 21.6 Å². The molecule has 1 fully saturated rings. The molecule has 1 rings (SSSR count). The Morgan fingerprint density at radius 1 is 1.43 bits per heavy atom. The molecule has 14 heavy (non-hydrogen) atoms. The van der Waals surface area contributed by atoms with E-state index < -0.39 is 0 Å². The third-order valence-electron chi connectivity index (χ3n) is 2.33. The second-order valence-corrected chi connectivity index (χ2v) is 6.31. The van der Waals surface area contributed by atoms with Gasteiger partial charge in [0, 0.05) is 16.9 Å². The maximum atomic E-state index is 3.85. The molecule has 1 aliphatic heterocycles. The van der Waals surface area contributed by atoms with Gasteiger partial charge < -0.3 is 0 Å². The van der Waals surface area contributed by atoms with Crippen LogP contribution in [0.5, 0.6) is 0 Å². The number of rotatable bonds is 5. The van der Waals surface area contributed by atoms with E-state index in [9.17, 15) is 0 Å². The van der Waals surface area contributed by atoms with Gasteiger partial charge in [0.2, 0.25) is 0 Å². The fourth-order valence-corrected chi connectivity index (χ4v) is 4.75. The Morgan fingerprint density at radius 2 is 2.29 bits per heavy atom. The van der Waals surface area contributed by atoms with Gasteiger partial charge in [-0.25, -0.2) is 0 Å². The van der Waals surface area contributed by atoms with E-state index in [0.29, 0.717) is 5.25 Å². The quantitative estimate of drug-likeness (QED) is 0.297. The van der Waals surface area contributed by atoms with Gasteiger partial charge in [0.15, 0.2) is 0 Å². The van der Waals surface area contributed by atoms with Crippen molar-refractivity contribution in [3.8, 4) is 11.8 Å². The summed E-state index contributed by atoms with van der Waals surface area (Å²) in [6, 6.07) is 0. The first kappa shape index (κ1) is 12.1. The van der Waals surface area contributed by atoms with E-state index >= 15 is 0 Å². The van der Waals surface area contributed by atoms with E-state index in [1.165, 1.54) is 25.7 Å². The number of unbranched alkanes of at least 4 members (excludes halogenated alkanes) is 2. The first-order valence-electron chi connectivity index (χ1n) is 5.21. The molecule has 0 radical (unpaired) electrons. The van der Waals surface area contributed by atoms with E-state index in [0.717, 1.165) is 11.7 Å². The predicted molar refractivity (Wildman–Crippen MR) is 69.5 cm³/mol. The zero-order chi connectivity index (χ0) is 10.2. The minimum absolute atomic E-state index is 0.695. The van der Waals surface area contributed by atoms with Gasteiger partial charge in [-0.15, -0.1) is 18.4 Å². The Labute approximate surface area is 95.7 Å². The molecule has 78 valence electrons. The van der Waals surface area contributed by atoms with Crippen molar-refractivity contribution in [2.75, 3.05) is 0 Å². The van der Waals surface area contributed by atoms with Crippen LogP contribution in [0.4, 0.5) is 0 Å². The number of hydrogen-bond donors (Lipinski definition) is 0. The van der Waals surface area contributed by atoms with E-state index in [-0.39, 0.29) is 0 Å². The van der Waals surface area contributed by atoms with Gasteiger partial charge in [-0.05, 0) is 26.2 Å². The van der Waals surface area contributed by atoms with Crippen LogP contribution in [0.2, 0.25) is 0 Å². The predicted octanol–water partition coefficient (Wildman–Crippen LogP) is 4.28. The zero-order valence-electron chi connectivity index (χ0n) is 8.79. The van der Waals surface area contributed by atoms with Crippen molar-refractivity contribution in [2.24, 2.45) is 0 Å². The lowest BCUT2D eigenvalue weighted by molar-refractivity contribution is 0.648.